The molecule has 9 heteroatoms. The van der Waals surface area contributed by atoms with Crippen LogP contribution in [0.25, 0.3) is 0 Å². The maximum Gasteiger partial charge on any atom is 0.229 e. The first-order chi connectivity index (χ1) is 16.1. The lowest BCUT2D eigenvalue weighted by Crippen LogP contribution is -2.49. The highest BCUT2D eigenvalue weighted by molar-refractivity contribution is 7.80. The van der Waals surface area contributed by atoms with Crippen LogP contribution in [0, 0.1) is 5.92 Å². The van der Waals surface area contributed by atoms with Crippen LogP contribution in [0.4, 0.5) is 5.69 Å². The lowest BCUT2D eigenvalue weighted by molar-refractivity contribution is -0.120. The standard InChI is InChI=1S/C24H36N4O4S/c1-3-27(4-2)7-8-28(24(33)25-15-19-6-5-9-30-19)16-18-12-17-13-21-22(32-11-10-31-21)14-20(17)26-23(18)29/h13-14,18-19H,3-12,15-16H2,1-2H3,(H,25,33)(H,26,29). The SMILES string of the molecule is CCN(CC)CCN(CC1Cc2cc3c(cc2NC1=O)OCCO3)C(=S)NCC1CCCO1. The summed E-state index contributed by atoms with van der Waals surface area (Å²) in [6.07, 6.45) is 3.03. The molecule has 0 aliphatic carbocycles. The number of hydrogen-bond donors (Lipinski definition) is 2. The van der Waals surface area contributed by atoms with Crippen molar-refractivity contribution in [2.45, 2.75) is 39.2 Å². The van der Waals surface area contributed by atoms with Crippen molar-refractivity contribution < 1.29 is 19.0 Å². The second kappa shape index (κ2) is 11.4. The van der Waals surface area contributed by atoms with Gasteiger partial charge in [-0.1, -0.05) is 13.8 Å². The Balaban J connectivity index is 1.43. The largest absolute Gasteiger partial charge is 0.486 e. The Morgan fingerprint density at radius 1 is 1.15 bits per heavy atom. The van der Waals surface area contributed by atoms with Crippen molar-refractivity contribution in [2.75, 3.05) is 64.4 Å². The van der Waals surface area contributed by atoms with Gasteiger partial charge in [0.25, 0.3) is 0 Å². The Bertz CT molecular complexity index is 842. The predicted octanol–water partition coefficient (Wildman–Crippen LogP) is 2.27. The molecule has 0 bridgehead atoms. The number of carbonyl (C=O) groups is 1. The van der Waals surface area contributed by atoms with Crippen LogP contribution in [-0.4, -0.2) is 86.0 Å². The van der Waals surface area contributed by atoms with Gasteiger partial charge >= 0.3 is 0 Å². The average molecular weight is 477 g/mol. The van der Waals surface area contributed by atoms with Crippen molar-refractivity contribution >= 4 is 28.9 Å². The monoisotopic (exact) mass is 476 g/mol. The number of nitrogens with zero attached hydrogens (tertiary/aromatic N) is 2. The van der Waals surface area contributed by atoms with Gasteiger partial charge in [-0.3, -0.25) is 4.79 Å². The number of nitrogens with one attached hydrogen (secondary N) is 2. The van der Waals surface area contributed by atoms with E-state index in [2.05, 4.69) is 34.3 Å². The molecule has 33 heavy (non-hydrogen) atoms. The molecule has 3 heterocycles. The minimum atomic E-state index is -0.195. The molecular formula is C24H36N4O4S. The molecule has 1 aromatic rings. The molecule has 0 aromatic heterocycles. The van der Waals surface area contributed by atoms with E-state index in [1.54, 1.807) is 0 Å². The van der Waals surface area contributed by atoms with Crippen LogP contribution in [0.2, 0.25) is 0 Å². The summed E-state index contributed by atoms with van der Waals surface area (Å²) in [6, 6.07) is 3.88. The van der Waals surface area contributed by atoms with Gasteiger partial charge in [0.05, 0.1) is 12.0 Å². The summed E-state index contributed by atoms with van der Waals surface area (Å²) in [5, 5.41) is 7.16. The highest BCUT2D eigenvalue weighted by Crippen LogP contribution is 2.38. The van der Waals surface area contributed by atoms with Crippen molar-refractivity contribution in [1.82, 2.24) is 15.1 Å². The van der Waals surface area contributed by atoms with E-state index in [-0.39, 0.29) is 17.9 Å². The first-order valence-corrected chi connectivity index (χ1v) is 12.6. The third-order valence-corrected chi connectivity index (χ3v) is 7.08. The summed E-state index contributed by atoms with van der Waals surface area (Å²) in [7, 11) is 0. The molecular weight excluding hydrogens is 440 g/mol. The van der Waals surface area contributed by atoms with E-state index in [9.17, 15) is 4.79 Å². The number of carbonyl (C=O) groups excluding carboxylic acids is 1. The highest BCUT2D eigenvalue weighted by atomic mass is 32.1. The summed E-state index contributed by atoms with van der Waals surface area (Å²) < 4.78 is 17.1. The lowest BCUT2D eigenvalue weighted by atomic mass is 9.92. The zero-order valence-corrected chi connectivity index (χ0v) is 20.5. The van der Waals surface area contributed by atoms with E-state index in [1.165, 1.54) is 0 Å². The van der Waals surface area contributed by atoms with E-state index in [4.69, 9.17) is 26.4 Å². The lowest BCUT2D eigenvalue weighted by Gasteiger charge is -2.34. The normalized spacial score (nSPS) is 21.5. The van der Waals surface area contributed by atoms with Gasteiger partial charge < -0.3 is 34.6 Å². The van der Waals surface area contributed by atoms with E-state index in [0.29, 0.717) is 43.6 Å². The molecule has 2 atom stereocenters. The number of fused-ring (bicyclic) bond motifs is 2. The first-order valence-electron chi connectivity index (χ1n) is 12.2. The quantitative estimate of drug-likeness (QED) is 0.526. The fourth-order valence-electron chi connectivity index (χ4n) is 4.62. The van der Waals surface area contributed by atoms with Crippen LogP contribution >= 0.6 is 12.2 Å². The first kappa shape index (κ1) is 24.0. The van der Waals surface area contributed by atoms with Gasteiger partial charge in [0.1, 0.15) is 13.2 Å². The van der Waals surface area contributed by atoms with Gasteiger partial charge in [-0.2, -0.15) is 0 Å². The van der Waals surface area contributed by atoms with E-state index in [1.807, 2.05) is 12.1 Å². The molecule has 4 rings (SSSR count). The van der Waals surface area contributed by atoms with Gasteiger partial charge in [0.15, 0.2) is 16.6 Å². The molecule has 1 amide bonds. The molecule has 8 nitrogen and oxygen atoms in total. The second-order valence-corrected chi connectivity index (χ2v) is 9.22. The maximum atomic E-state index is 13.0. The number of benzene rings is 1. The van der Waals surface area contributed by atoms with Crippen molar-refractivity contribution in [3.63, 3.8) is 0 Å². The second-order valence-electron chi connectivity index (χ2n) is 8.84. The molecule has 1 aromatic carbocycles. The summed E-state index contributed by atoms with van der Waals surface area (Å²) in [6.45, 7) is 11.2. The fourth-order valence-corrected chi connectivity index (χ4v) is 4.87. The summed E-state index contributed by atoms with van der Waals surface area (Å²) in [5.41, 5.74) is 1.89. The molecule has 2 N–H and O–H groups in total. The Labute approximate surface area is 201 Å². The molecule has 1 saturated heterocycles. The molecule has 3 aliphatic rings. The smallest absolute Gasteiger partial charge is 0.229 e. The zero-order valence-electron chi connectivity index (χ0n) is 19.7. The number of likely N-dealkylation sites (N-methyl/N-ethyl adjacent to an activating group) is 1. The van der Waals surface area contributed by atoms with Gasteiger partial charge in [-0.05, 0) is 56.2 Å². The van der Waals surface area contributed by atoms with Crippen LogP contribution in [0.3, 0.4) is 0 Å². The minimum Gasteiger partial charge on any atom is -0.486 e. The average Bonchev–Trinajstić information content (AvgIpc) is 3.35. The van der Waals surface area contributed by atoms with Crippen molar-refractivity contribution in [1.29, 1.82) is 0 Å². The number of hydrogen-bond acceptors (Lipinski definition) is 6. The maximum absolute atomic E-state index is 13.0. The van der Waals surface area contributed by atoms with Crippen molar-refractivity contribution in [3.05, 3.63) is 17.7 Å². The Kier molecular flexibility index (Phi) is 8.27. The summed E-state index contributed by atoms with van der Waals surface area (Å²) in [4.78, 5) is 17.5. The summed E-state index contributed by atoms with van der Waals surface area (Å²) >= 11 is 5.77. The van der Waals surface area contributed by atoms with Gasteiger partial charge in [0, 0.05) is 44.5 Å². The molecule has 0 saturated carbocycles. The third kappa shape index (κ3) is 6.07. The van der Waals surface area contributed by atoms with Gasteiger partial charge in [-0.25, -0.2) is 0 Å². The Morgan fingerprint density at radius 3 is 2.61 bits per heavy atom. The number of amides is 1. The molecule has 3 aliphatic heterocycles. The fraction of sp³-hybridized carbons (Fsp3) is 0.667. The predicted molar refractivity (Wildman–Crippen MR) is 132 cm³/mol. The van der Waals surface area contributed by atoms with E-state index >= 15 is 0 Å². The van der Waals surface area contributed by atoms with Gasteiger partial charge in [0.2, 0.25) is 5.91 Å². The molecule has 0 spiro atoms. The minimum absolute atomic E-state index is 0.0222. The van der Waals surface area contributed by atoms with Crippen molar-refractivity contribution in [2.24, 2.45) is 5.92 Å². The number of rotatable bonds is 9. The van der Waals surface area contributed by atoms with Crippen LogP contribution in [0.15, 0.2) is 12.1 Å². The molecule has 2 unspecified atom stereocenters. The van der Waals surface area contributed by atoms with Crippen LogP contribution < -0.4 is 20.1 Å². The highest BCUT2D eigenvalue weighted by Gasteiger charge is 2.31. The van der Waals surface area contributed by atoms with E-state index in [0.717, 1.165) is 62.6 Å². The Hall–Kier alpha value is -2.10. The van der Waals surface area contributed by atoms with Gasteiger partial charge in [-0.15, -0.1) is 0 Å². The van der Waals surface area contributed by atoms with E-state index < -0.39 is 0 Å². The van der Waals surface area contributed by atoms with Crippen LogP contribution in [0.1, 0.15) is 32.3 Å². The zero-order chi connectivity index (χ0) is 23.2. The summed E-state index contributed by atoms with van der Waals surface area (Å²) in [5.74, 6) is 1.27. The molecule has 1 fully saturated rings. The Morgan fingerprint density at radius 2 is 1.91 bits per heavy atom. The van der Waals surface area contributed by atoms with Crippen molar-refractivity contribution in [3.8, 4) is 11.5 Å². The van der Waals surface area contributed by atoms with Crippen LogP contribution in [-0.2, 0) is 16.0 Å². The number of thiocarbonyl (C=S) groups is 1. The van der Waals surface area contributed by atoms with Crippen LogP contribution in [0.5, 0.6) is 11.5 Å². The number of ether oxygens (including phenoxy) is 3. The number of anilines is 1. The third-order valence-electron chi connectivity index (χ3n) is 6.68. The molecule has 182 valence electrons. The topological polar surface area (TPSA) is 75.3 Å². The molecule has 0 radical (unpaired) electrons.